The van der Waals surface area contributed by atoms with E-state index in [1.807, 2.05) is 12.1 Å². The van der Waals surface area contributed by atoms with Gasteiger partial charge in [0, 0.05) is 25.4 Å². The fraction of sp³-hybridized carbons (Fsp3) is 0.333. The average molecular weight is 380 g/mol. The molecule has 0 aliphatic carbocycles. The maximum Gasteiger partial charge on any atom is 0.119 e. The van der Waals surface area contributed by atoms with Crippen molar-refractivity contribution in [3.05, 3.63) is 89.2 Å². The second-order valence-electron chi connectivity index (χ2n) is 7.31. The van der Waals surface area contributed by atoms with Gasteiger partial charge in [-0.1, -0.05) is 42.0 Å². The van der Waals surface area contributed by atoms with Gasteiger partial charge in [-0.3, -0.25) is 0 Å². The summed E-state index contributed by atoms with van der Waals surface area (Å²) in [5.41, 5.74) is 5.24. The maximum absolute atomic E-state index is 5.36. The highest BCUT2D eigenvalue weighted by Crippen LogP contribution is 2.15. The van der Waals surface area contributed by atoms with E-state index in [0.717, 1.165) is 38.5 Å². The predicted octanol–water partition coefficient (Wildman–Crippen LogP) is 3.08. The monoisotopic (exact) mass is 379 g/mol. The zero-order chi connectivity index (χ0) is 19.8. The smallest absolute Gasteiger partial charge is 0.119 e. The Morgan fingerprint density at radius 2 is 1.71 bits per heavy atom. The summed E-state index contributed by atoms with van der Waals surface area (Å²) in [6, 6.07) is 21.5. The quantitative estimate of drug-likeness (QED) is 0.586. The molecular formula is C24H31N2O2+. The molecule has 0 amide bonds. The minimum atomic E-state index is 0.762. The normalized spacial score (nSPS) is 12.1. The third-order valence-electron chi connectivity index (χ3n) is 5.08. The fourth-order valence-electron chi connectivity index (χ4n) is 3.47. The first-order valence-electron chi connectivity index (χ1n) is 9.83. The van der Waals surface area contributed by atoms with Crippen molar-refractivity contribution < 1.29 is 14.4 Å². The molecule has 2 aromatic carbocycles. The fourth-order valence-corrected chi connectivity index (χ4v) is 3.47. The van der Waals surface area contributed by atoms with Crippen LogP contribution in [0.4, 0.5) is 0 Å². The first kappa shape index (κ1) is 20.2. The van der Waals surface area contributed by atoms with E-state index in [2.05, 4.69) is 66.2 Å². The second-order valence-corrected chi connectivity index (χ2v) is 7.31. The van der Waals surface area contributed by atoms with Crippen molar-refractivity contribution >= 4 is 0 Å². The van der Waals surface area contributed by atoms with Crippen LogP contribution in [0.1, 0.15) is 22.4 Å². The molecule has 1 N–H and O–H groups in total. The summed E-state index contributed by atoms with van der Waals surface area (Å²) >= 11 is 0. The van der Waals surface area contributed by atoms with Gasteiger partial charge in [-0.2, -0.15) is 0 Å². The van der Waals surface area contributed by atoms with Gasteiger partial charge in [-0.05, 0) is 36.8 Å². The van der Waals surface area contributed by atoms with Crippen molar-refractivity contribution in [3.8, 4) is 5.75 Å². The third-order valence-corrected chi connectivity index (χ3v) is 5.08. The number of hydrogen-bond acceptors (Lipinski definition) is 2. The Balaban J connectivity index is 1.71. The molecule has 28 heavy (non-hydrogen) atoms. The molecule has 1 heterocycles. The largest absolute Gasteiger partial charge is 0.497 e. The van der Waals surface area contributed by atoms with Gasteiger partial charge < -0.3 is 18.9 Å². The molecule has 0 fully saturated rings. The molecular weight excluding hydrogens is 348 g/mol. The van der Waals surface area contributed by atoms with Crippen LogP contribution in [0.15, 0.2) is 66.9 Å². The van der Waals surface area contributed by atoms with E-state index >= 15 is 0 Å². The highest BCUT2D eigenvalue weighted by Gasteiger charge is 2.14. The van der Waals surface area contributed by atoms with Gasteiger partial charge in [0.05, 0.1) is 19.4 Å². The Labute approximate surface area is 168 Å². The third kappa shape index (κ3) is 5.72. The molecule has 0 aliphatic rings. The predicted molar refractivity (Wildman–Crippen MR) is 113 cm³/mol. The van der Waals surface area contributed by atoms with Crippen molar-refractivity contribution in [2.75, 3.05) is 27.4 Å². The molecule has 0 radical (unpaired) electrons. The van der Waals surface area contributed by atoms with Crippen LogP contribution in [-0.4, -0.2) is 31.9 Å². The molecule has 1 aromatic heterocycles. The minimum Gasteiger partial charge on any atom is -0.497 e. The van der Waals surface area contributed by atoms with Crippen LogP contribution in [-0.2, 0) is 24.4 Å². The van der Waals surface area contributed by atoms with Crippen molar-refractivity contribution in [1.29, 1.82) is 0 Å². The van der Waals surface area contributed by atoms with E-state index < -0.39 is 0 Å². The summed E-state index contributed by atoms with van der Waals surface area (Å²) < 4.78 is 13.0. The number of ether oxygens (including phenoxy) is 2. The number of hydrogen-bond donors (Lipinski definition) is 1. The van der Waals surface area contributed by atoms with Gasteiger partial charge in [0.2, 0.25) is 0 Å². The van der Waals surface area contributed by atoms with Gasteiger partial charge in [-0.25, -0.2) is 0 Å². The highest BCUT2D eigenvalue weighted by molar-refractivity contribution is 5.29. The van der Waals surface area contributed by atoms with E-state index in [4.69, 9.17) is 9.47 Å². The van der Waals surface area contributed by atoms with E-state index in [-0.39, 0.29) is 0 Å². The summed E-state index contributed by atoms with van der Waals surface area (Å²) in [6.07, 6.45) is 2.16. The van der Waals surface area contributed by atoms with E-state index in [0.29, 0.717) is 0 Å². The molecule has 1 unspecified atom stereocenters. The van der Waals surface area contributed by atoms with Crippen molar-refractivity contribution in [2.24, 2.45) is 0 Å². The van der Waals surface area contributed by atoms with Crippen molar-refractivity contribution in [2.45, 2.75) is 26.6 Å². The van der Waals surface area contributed by atoms with Gasteiger partial charge in [0.25, 0.3) is 0 Å². The SMILES string of the molecule is COCC[NH+](Cc1ccc(C)cc1)Cc1cccn1Cc1cccc(OC)c1. The summed E-state index contributed by atoms with van der Waals surface area (Å²) in [5.74, 6) is 0.901. The summed E-state index contributed by atoms with van der Waals surface area (Å²) in [5, 5.41) is 0. The molecule has 1 atom stereocenters. The average Bonchev–Trinajstić information content (AvgIpc) is 3.14. The molecule has 0 saturated heterocycles. The number of nitrogens with one attached hydrogen (secondary N) is 1. The lowest BCUT2D eigenvalue weighted by Gasteiger charge is -2.21. The Morgan fingerprint density at radius 3 is 2.46 bits per heavy atom. The van der Waals surface area contributed by atoms with Gasteiger partial charge >= 0.3 is 0 Å². The maximum atomic E-state index is 5.36. The number of quaternary nitrogens is 1. The molecule has 3 rings (SSSR count). The lowest BCUT2D eigenvalue weighted by molar-refractivity contribution is -0.928. The zero-order valence-electron chi connectivity index (χ0n) is 17.2. The molecule has 0 saturated carbocycles. The number of aryl methyl sites for hydroxylation is 1. The second kappa shape index (κ2) is 10.1. The number of methoxy groups -OCH3 is 2. The highest BCUT2D eigenvalue weighted by atomic mass is 16.5. The van der Waals surface area contributed by atoms with Crippen LogP contribution in [0.2, 0.25) is 0 Å². The molecule has 0 spiro atoms. The number of rotatable bonds is 10. The Bertz CT molecular complexity index is 855. The lowest BCUT2D eigenvalue weighted by Crippen LogP contribution is -3.10. The molecule has 4 nitrogen and oxygen atoms in total. The topological polar surface area (TPSA) is 27.8 Å². The van der Waals surface area contributed by atoms with Crippen LogP contribution in [0.25, 0.3) is 0 Å². The summed E-state index contributed by atoms with van der Waals surface area (Å²) in [6.45, 7) is 6.68. The molecule has 0 bridgehead atoms. The molecule has 0 aliphatic heterocycles. The van der Waals surface area contributed by atoms with E-state index in [9.17, 15) is 0 Å². The summed E-state index contributed by atoms with van der Waals surface area (Å²) in [7, 11) is 3.48. The molecule has 4 heteroatoms. The van der Waals surface area contributed by atoms with E-state index in [1.54, 1.807) is 14.2 Å². The van der Waals surface area contributed by atoms with E-state index in [1.165, 1.54) is 27.3 Å². The van der Waals surface area contributed by atoms with Crippen LogP contribution in [0.5, 0.6) is 5.75 Å². The molecule has 148 valence electrons. The minimum absolute atomic E-state index is 0.762. The van der Waals surface area contributed by atoms with Gasteiger partial charge in [-0.15, -0.1) is 0 Å². The van der Waals surface area contributed by atoms with Crippen molar-refractivity contribution in [3.63, 3.8) is 0 Å². The lowest BCUT2D eigenvalue weighted by atomic mass is 10.1. The Morgan fingerprint density at radius 1 is 0.893 bits per heavy atom. The van der Waals surface area contributed by atoms with Crippen molar-refractivity contribution in [1.82, 2.24) is 4.57 Å². The number of benzene rings is 2. The zero-order valence-corrected chi connectivity index (χ0v) is 17.2. The van der Waals surface area contributed by atoms with Gasteiger partial charge in [0.1, 0.15) is 25.4 Å². The Kier molecular flexibility index (Phi) is 7.29. The first-order chi connectivity index (χ1) is 13.7. The standard InChI is InChI=1S/C24H30N2O2/c1-20-9-11-21(12-10-20)17-25(14-15-27-2)19-23-7-5-13-26(23)18-22-6-4-8-24(16-22)28-3/h4-13,16H,14-15,17-19H2,1-3H3/p+1. The van der Waals surface area contributed by atoms with Gasteiger partial charge in [0.15, 0.2) is 0 Å². The van der Waals surface area contributed by atoms with Crippen LogP contribution < -0.4 is 9.64 Å². The first-order valence-corrected chi connectivity index (χ1v) is 9.83. The molecule has 3 aromatic rings. The Hall–Kier alpha value is -2.56. The van der Waals surface area contributed by atoms with Crippen LogP contribution in [0, 0.1) is 6.92 Å². The number of nitrogens with zero attached hydrogens (tertiary/aromatic N) is 1. The summed E-state index contributed by atoms with van der Waals surface area (Å²) in [4.78, 5) is 1.50. The van der Waals surface area contributed by atoms with Crippen LogP contribution >= 0.6 is 0 Å². The number of aromatic nitrogens is 1. The van der Waals surface area contributed by atoms with Crippen LogP contribution in [0.3, 0.4) is 0 Å².